The predicted octanol–water partition coefficient (Wildman–Crippen LogP) is 5.28. The Morgan fingerprint density at radius 2 is 1.61 bits per heavy atom. The molecule has 4 fully saturated rings. The van der Waals surface area contributed by atoms with Crippen LogP contribution in [0.25, 0.3) is 0 Å². The topological polar surface area (TPSA) is 158 Å². The predicted molar refractivity (Wildman–Crippen MR) is 242 cm³/mol. The second-order valence-electron chi connectivity index (χ2n) is 19.1. The third-order valence-corrected chi connectivity index (χ3v) is 18.5. The van der Waals surface area contributed by atoms with E-state index in [-0.39, 0.29) is 53.7 Å². The number of allylic oxidation sites excluding steroid dienone is 1. The molecule has 3 saturated heterocycles. The number of fused-ring (bicyclic) bond motifs is 10. The van der Waals surface area contributed by atoms with Crippen molar-refractivity contribution in [2.75, 3.05) is 41.1 Å². The maximum Gasteiger partial charge on any atom is 0.332 e. The van der Waals surface area contributed by atoms with Gasteiger partial charge in [0.25, 0.3) is 0 Å². The molecule has 17 heteroatoms. The molecule has 1 aliphatic carbocycles. The van der Waals surface area contributed by atoms with Crippen molar-refractivity contribution in [3.05, 3.63) is 22.8 Å². The van der Waals surface area contributed by atoms with Gasteiger partial charge in [-0.15, -0.1) is 11.8 Å². The third kappa shape index (κ3) is 10.3. The minimum Gasteiger partial charge on any atom is -0.459 e. The van der Waals surface area contributed by atoms with E-state index in [1.165, 1.54) is 24.9 Å². The summed E-state index contributed by atoms with van der Waals surface area (Å²) in [6.45, 7) is 13.8. The molecule has 2 unspecified atom stereocenters. The van der Waals surface area contributed by atoms with Crippen LogP contribution < -0.4 is 5.32 Å². The number of aliphatic hydroxyl groups is 1. The molecule has 6 heterocycles. The van der Waals surface area contributed by atoms with Crippen LogP contribution >= 0.6 is 27.7 Å². The molecule has 1 saturated carbocycles. The molecule has 0 radical (unpaired) electrons. The van der Waals surface area contributed by atoms with Gasteiger partial charge in [0.2, 0.25) is 0 Å². The molecule has 0 amide bonds. The first kappa shape index (κ1) is 49.2. The highest BCUT2D eigenvalue weighted by atomic mass is 79.9. The monoisotopic (exact) mass is 958 g/mol. The number of halogens is 1. The van der Waals surface area contributed by atoms with Crippen LogP contribution in [-0.4, -0.2) is 159 Å². The highest BCUT2D eigenvalue weighted by Crippen LogP contribution is 2.48. The molecule has 17 atom stereocenters. The standard InChI is InChI=1S/C44H71BrN4O10S2/c1-24-14-13-15-33(50)44(7,59-38-19-17-31(49(10)11)27(4)56-38)34(51)22-36-47-43(6,41(54-12)61(36)53)40-46-29(23-60-40)39(52)58-35-21-32(28(20-24)25(2)42(35,5)45)57-37-18-16-30(48(8)9)26(3)55-37/h20,22,25-33,35,37-38,41,47,50H,13-19,21,23H2,1-12H3/b24-20-,36-22-/t25-,26-,27-,28-,29+,30+,31+,32-,33?,35-,37+,38+,41+,42+,43+,44-,61?/m1/s1. The Balaban J connectivity index is 1.35. The summed E-state index contributed by atoms with van der Waals surface area (Å²) in [5.41, 5.74) is -2.68. The molecule has 61 heavy (non-hydrogen) atoms. The molecule has 0 aromatic rings. The summed E-state index contributed by atoms with van der Waals surface area (Å²) in [4.78, 5) is 37.9. The fourth-order valence-electron chi connectivity index (χ4n) is 10.1. The van der Waals surface area contributed by atoms with Crippen LogP contribution in [0.2, 0.25) is 0 Å². The van der Waals surface area contributed by atoms with Crippen LogP contribution in [0, 0.1) is 11.8 Å². The van der Waals surface area contributed by atoms with Crippen molar-refractivity contribution in [2.24, 2.45) is 16.8 Å². The molecular formula is C44H71BrN4O10S2. The molecule has 6 bridgehead atoms. The van der Waals surface area contributed by atoms with Crippen molar-refractivity contribution in [2.45, 2.75) is 182 Å². The van der Waals surface area contributed by atoms with Gasteiger partial charge in [0, 0.05) is 49.8 Å². The number of nitrogens with zero attached hydrogens (tertiary/aromatic N) is 3. The van der Waals surface area contributed by atoms with Crippen LogP contribution in [0.5, 0.6) is 0 Å². The lowest BCUT2D eigenvalue weighted by Gasteiger charge is -2.50. The van der Waals surface area contributed by atoms with Gasteiger partial charge in [-0.25, -0.2) is 9.00 Å². The van der Waals surface area contributed by atoms with Gasteiger partial charge in [0.05, 0.1) is 33.8 Å². The number of likely N-dealkylation sites (N-methyl/N-ethyl adjacent to an activating group) is 2. The van der Waals surface area contributed by atoms with E-state index < -0.39 is 74.3 Å². The lowest BCUT2D eigenvalue weighted by Crippen LogP contribution is -2.56. The first-order valence-electron chi connectivity index (χ1n) is 22.0. The fourth-order valence-corrected chi connectivity index (χ4v) is 13.5. The van der Waals surface area contributed by atoms with Crippen LogP contribution in [0.3, 0.4) is 0 Å². The van der Waals surface area contributed by atoms with E-state index in [0.717, 1.165) is 24.8 Å². The number of aliphatic imine (C=N–C) groups is 1. The van der Waals surface area contributed by atoms with Crippen molar-refractivity contribution in [3.8, 4) is 0 Å². The van der Waals surface area contributed by atoms with Gasteiger partial charge in [0.1, 0.15) is 27.5 Å². The van der Waals surface area contributed by atoms with E-state index in [1.54, 1.807) is 6.92 Å². The van der Waals surface area contributed by atoms with E-state index in [1.807, 2.05) is 27.9 Å². The number of hydrogen-bond acceptors (Lipinski definition) is 15. The number of ketones is 1. The number of aliphatic hydroxyl groups excluding tert-OH is 1. The second-order valence-corrected chi connectivity index (χ2v) is 23.3. The normalized spacial score (nSPS) is 47.2. The Labute approximate surface area is 378 Å². The van der Waals surface area contributed by atoms with Gasteiger partial charge < -0.3 is 48.6 Å². The minimum atomic E-state index is -1.83. The number of carbonyl (C=O) groups is 2. The number of methoxy groups -OCH3 is 1. The lowest BCUT2D eigenvalue weighted by atomic mass is 9.69. The molecular weight excluding hydrogens is 889 g/mol. The molecule has 6 aliphatic heterocycles. The van der Waals surface area contributed by atoms with Crippen molar-refractivity contribution >= 4 is 55.3 Å². The molecule has 2 N–H and O–H groups in total. The van der Waals surface area contributed by atoms with Gasteiger partial charge in [-0.3, -0.25) is 9.79 Å². The van der Waals surface area contributed by atoms with Gasteiger partial charge >= 0.3 is 5.97 Å². The van der Waals surface area contributed by atoms with E-state index in [4.69, 9.17) is 33.4 Å². The number of ether oxygens (including phenoxy) is 6. The quantitative estimate of drug-likeness (QED) is 0.193. The highest BCUT2D eigenvalue weighted by molar-refractivity contribution is 9.10. The molecule has 7 aliphatic rings. The maximum atomic E-state index is 14.6. The van der Waals surface area contributed by atoms with Gasteiger partial charge in [-0.05, 0) is 114 Å². The first-order chi connectivity index (χ1) is 28.6. The zero-order valence-electron chi connectivity index (χ0n) is 38.2. The number of rotatable bonds is 7. The largest absolute Gasteiger partial charge is 0.459 e. The Morgan fingerprint density at radius 1 is 0.984 bits per heavy atom. The molecule has 0 aromatic carbocycles. The van der Waals surface area contributed by atoms with E-state index in [9.17, 15) is 18.9 Å². The summed E-state index contributed by atoms with van der Waals surface area (Å²) < 4.78 is 52.0. The lowest BCUT2D eigenvalue weighted by molar-refractivity contribution is -0.260. The summed E-state index contributed by atoms with van der Waals surface area (Å²) in [5, 5.41) is 16.0. The minimum absolute atomic E-state index is 0.0165. The summed E-state index contributed by atoms with van der Waals surface area (Å²) in [6.07, 6.45) is 5.09. The average Bonchev–Trinajstić information content (AvgIpc) is 3.78. The maximum absolute atomic E-state index is 14.6. The van der Waals surface area contributed by atoms with Crippen molar-refractivity contribution in [1.29, 1.82) is 0 Å². The van der Waals surface area contributed by atoms with Crippen molar-refractivity contribution in [3.63, 3.8) is 0 Å². The average molecular weight is 960 g/mol. The Morgan fingerprint density at radius 3 is 2.21 bits per heavy atom. The van der Waals surface area contributed by atoms with E-state index in [2.05, 4.69) is 78.9 Å². The van der Waals surface area contributed by atoms with E-state index >= 15 is 0 Å². The van der Waals surface area contributed by atoms with Crippen LogP contribution in [0.4, 0.5) is 0 Å². The first-order valence-corrected chi connectivity index (χ1v) is 25.0. The molecule has 0 spiro atoms. The van der Waals surface area contributed by atoms with Crippen LogP contribution in [0.15, 0.2) is 27.7 Å². The summed E-state index contributed by atoms with van der Waals surface area (Å²) in [6, 6.07) is -0.343. The smallest absolute Gasteiger partial charge is 0.332 e. The number of thioether (sulfide) groups is 1. The molecule has 14 nitrogen and oxygen atoms in total. The summed E-state index contributed by atoms with van der Waals surface area (Å²) in [5.74, 6) is -0.750. The van der Waals surface area contributed by atoms with Gasteiger partial charge in [0.15, 0.2) is 35.4 Å². The van der Waals surface area contributed by atoms with Crippen molar-refractivity contribution in [1.82, 2.24) is 15.1 Å². The summed E-state index contributed by atoms with van der Waals surface area (Å²) in [7, 11) is 7.80. The molecule has 7 rings (SSSR count). The SMILES string of the molecule is CO[C@H]1S(=O)/C2=C\C(=O)[C@](C)(O[C@H]3CC[C@H](N(C)C)[C@@H](C)O3)C(O)CCC/C(C)=C\[C@@H]3[C@@H](C)[C@](C)(Br)[C@@H](C[C@H]3O[C@H]3CC[C@H](N(C)C)[C@@H](C)O3)OC(=O)[C@@H]3CSC(=N3)[C@]1(C)N2. The second kappa shape index (κ2) is 19.7. The molecule has 0 aromatic heterocycles. The number of carbonyl (C=O) groups excluding carboxylic acids is 2. The Kier molecular flexibility index (Phi) is 15.9. The number of hydrogen-bond donors (Lipinski definition) is 2. The number of nitrogens with one attached hydrogen (secondary N) is 1. The number of esters is 1. The number of alkyl halides is 1. The van der Waals surface area contributed by atoms with Crippen LogP contribution in [-0.2, 0) is 48.8 Å². The van der Waals surface area contributed by atoms with E-state index in [0.29, 0.717) is 36.5 Å². The van der Waals surface area contributed by atoms with Crippen LogP contribution in [0.1, 0.15) is 99.8 Å². The van der Waals surface area contributed by atoms with Gasteiger partial charge in [-0.2, -0.15) is 0 Å². The highest BCUT2D eigenvalue weighted by Gasteiger charge is 2.56. The summed E-state index contributed by atoms with van der Waals surface area (Å²) >= 11 is 5.42. The zero-order valence-corrected chi connectivity index (χ0v) is 41.4. The zero-order chi connectivity index (χ0) is 44.8. The van der Waals surface area contributed by atoms with Crippen molar-refractivity contribution < 1.29 is 47.3 Å². The fraction of sp³-hybridized carbons (Fsp3) is 0.841. The Bertz CT molecular complexity index is 1730. The molecule has 346 valence electrons. The Hall–Kier alpha value is -1.25. The third-order valence-electron chi connectivity index (χ3n) is 14.2. The van der Waals surface area contributed by atoms with Gasteiger partial charge in [-0.1, -0.05) is 34.5 Å².